The molecule has 0 radical (unpaired) electrons. The smallest absolute Gasteiger partial charge is 0.292 e. The zero-order valence-corrected chi connectivity index (χ0v) is 11.0. The molecule has 0 saturated carbocycles. The highest BCUT2D eigenvalue weighted by Crippen LogP contribution is 2.28. The zero-order valence-electron chi connectivity index (χ0n) is 11.0. The maximum absolute atomic E-state index is 11.0. The van der Waals surface area contributed by atoms with E-state index >= 15 is 0 Å². The number of para-hydroxylation sites is 1. The van der Waals surface area contributed by atoms with Gasteiger partial charge >= 0.3 is 0 Å². The molecule has 0 spiro atoms. The molecule has 0 aliphatic heterocycles. The first-order valence-electron chi connectivity index (χ1n) is 5.92. The summed E-state index contributed by atoms with van der Waals surface area (Å²) in [4.78, 5) is 23.1. The van der Waals surface area contributed by atoms with E-state index in [-0.39, 0.29) is 12.2 Å². The largest absolute Gasteiger partial charge is 0.380 e. The van der Waals surface area contributed by atoms with E-state index in [9.17, 15) is 14.9 Å². The quantitative estimate of drug-likeness (QED) is 0.565. The molecular formula is C12H18N4O3. The summed E-state index contributed by atoms with van der Waals surface area (Å²) >= 11 is 0. The molecule has 1 rings (SSSR count). The maximum atomic E-state index is 11.0. The van der Waals surface area contributed by atoms with Crippen LogP contribution in [0.1, 0.15) is 12.5 Å². The van der Waals surface area contributed by atoms with E-state index in [2.05, 4.69) is 5.32 Å². The Hall–Kier alpha value is -2.15. The minimum absolute atomic E-state index is 0.0341. The Balaban J connectivity index is 3.02. The van der Waals surface area contributed by atoms with Crippen molar-refractivity contribution in [1.29, 1.82) is 0 Å². The van der Waals surface area contributed by atoms with E-state index < -0.39 is 10.8 Å². The van der Waals surface area contributed by atoms with Crippen LogP contribution in [0.5, 0.6) is 0 Å². The second-order valence-corrected chi connectivity index (χ2v) is 4.24. The van der Waals surface area contributed by atoms with Gasteiger partial charge in [0.2, 0.25) is 5.91 Å². The Labute approximate surface area is 111 Å². The van der Waals surface area contributed by atoms with Crippen LogP contribution in [0.4, 0.5) is 11.4 Å². The lowest BCUT2D eigenvalue weighted by atomic mass is 10.1. The summed E-state index contributed by atoms with van der Waals surface area (Å²) < 4.78 is 0. The van der Waals surface area contributed by atoms with E-state index in [1.54, 1.807) is 24.1 Å². The lowest BCUT2D eigenvalue weighted by Gasteiger charge is -2.17. The lowest BCUT2D eigenvalue weighted by Crippen LogP contribution is -2.30. The van der Waals surface area contributed by atoms with Gasteiger partial charge in [-0.1, -0.05) is 12.1 Å². The fourth-order valence-corrected chi connectivity index (χ4v) is 1.86. The molecule has 0 unspecified atom stereocenters. The van der Waals surface area contributed by atoms with Crippen molar-refractivity contribution in [1.82, 2.24) is 4.90 Å². The monoisotopic (exact) mass is 266 g/mol. The number of rotatable bonds is 7. The summed E-state index contributed by atoms with van der Waals surface area (Å²) in [6.45, 7) is 2.96. The van der Waals surface area contributed by atoms with Crippen LogP contribution in [-0.2, 0) is 11.3 Å². The Bertz CT molecular complexity index is 476. The molecule has 104 valence electrons. The van der Waals surface area contributed by atoms with Crippen LogP contribution in [0.2, 0.25) is 0 Å². The SMILES string of the molecule is CCNc1c(CN(C)CC(N)=O)cccc1[N+](=O)[O-]. The van der Waals surface area contributed by atoms with Crippen molar-refractivity contribution in [2.24, 2.45) is 5.73 Å². The zero-order chi connectivity index (χ0) is 14.4. The molecular weight excluding hydrogens is 248 g/mol. The van der Waals surface area contributed by atoms with Gasteiger partial charge in [-0.05, 0) is 19.5 Å². The van der Waals surface area contributed by atoms with Gasteiger partial charge in [0.1, 0.15) is 5.69 Å². The van der Waals surface area contributed by atoms with Gasteiger partial charge in [-0.2, -0.15) is 0 Å². The number of nitrogens with one attached hydrogen (secondary N) is 1. The van der Waals surface area contributed by atoms with Crippen LogP contribution in [0.15, 0.2) is 18.2 Å². The van der Waals surface area contributed by atoms with Gasteiger partial charge in [-0.15, -0.1) is 0 Å². The summed E-state index contributed by atoms with van der Waals surface area (Å²) in [6, 6.07) is 4.88. The highest BCUT2D eigenvalue weighted by molar-refractivity contribution is 5.76. The second-order valence-electron chi connectivity index (χ2n) is 4.24. The third kappa shape index (κ3) is 4.22. The van der Waals surface area contributed by atoms with Gasteiger partial charge in [0.05, 0.1) is 11.5 Å². The predicted molar refractivity (Wildman–Crippen MR) is 72.8 cm³/mol. The van der Waals surface area contributed by atoms with Crippen LogP contribution in [-0.4, -0.2) is 35.9 Å². The molecule has 0 atom stereocenters. The van der Waals surface area contributed by atoms with Crippen molar-refractivity contribution >= 4 is 17.3 Å². The second kappa shape index (κ2) is 6.69. The molecule has 19 heavy (non-hydrogen) atoms. The molecule has 1 aromatic rings. The minimum Gasteiger partial charge on any atom is -0.380 e. The van der Waals surface area contributed by atoms with Crippen molar-refractivity contribution in [2.75, 3.05) is 25.5 Å². The topological polar surface area (TPSA) is 102 Å². The molecule has 7 heteroatoms. The summed E-state index contributed by atoms with van der Waals surface area (Å²) in [6.07, 6.45) is 0. The standard InChI is InChI=1S/C12H18N4O3/c1-3-14-12-9(7-15(2)8-11(13)17)5-4-6-10(12)16(18)19/h4-6,14H,3,7-8H2,1-2H3,(H2,13,17). The maximum Gasteiger partial charge on any atom is 0.292 e. The molecule has 0 aliphatic rings. The number of nitro benzene ring substituents is 1. The van der Waals surface area contributed by atoms with E-state index in [0.717, 1.165) is 5.56 Å². The van der Waals surface area contributed by atoms with Crippen molar-refractivity contribution in [2.45, 2.75) is 13.5 Å². The fourth-order valence-electron chi connectivity index (χ4n) is 1.86. The third-order valence-corrected chi connectivity index (χ3v) is 2.55. The number of benzene rings is 1. The van der Waals surface area contributed by atoms with Gasteiger partial charge in [-0.25, -0.2) is 0 Å². The average molecular weight is 266 g/mol. The first-order chi connectivity index (χ1) is 8.95. The highest BCUT2D eigenvalue weighted by atomic mass is 16.6. The highest BCUT2D eigenvalue weighted by Gasteiger charge is 2.17. The van der Waals surface area contributed by atoms with Crippen molar-refractivity contribution in [3.8, 4) is 0 Å². The number of anilines is 1. The number of nitrogens with zero attached hydrogens (tertiary/aromatic N) is 2. The van der Waals surface area contributed by atoms with Crippen LogP contribution in [0, 0.1) is 10.1 Å². The number of hydrogen-bond acceptors (Lipinski definition) is 5. The number of amides is 1. The molecule has 3 N–H and O–H groups in total. The summed E-state index contributed by atoms with van der Waals surface area (Å²) in [5, 5.41) is 14.0. The number of nitro groups is 1. The van der Waals surface area contributed by atoms with E-state index in [4.69, 9.17) is 5.73 Å². The molecule has 1 aromatic carbocycles. The first-order valence-corrected chi connectivity index (χ1v) is 5.92. The molecule has 0 fully saturated rings. The van der Waals surface area contributed by atoms with E-state index in [0.29, 0.717) is 18.8 Å². The van der Waals surface area contributed by atoms with Gasteiger partial charge in [0, 0.05) is 19.2 Å². The number of hydrogen-bond donors (Lipinski definition) is 2. The van der Waals surface area contributed by atoms with Crippen molar-refractivity contribution in [3.63, 3.8) is 0 Å². The van der Waals surface area contributed by atoms with Crippen molar-refractivity contribution < 1.29 is 9.72 Å². The molecule has 0 aromatic heterocycles. The number of primary amides is 1. The summed E-state index contributed by atoms with van der Waals surface area (Å²) in [5.74, 6) is -0.432. The van der Waals surface area contributed by atoms with Gasteiger partial charge in [0.25, 0.3) is 5.69 Å². The fraction of sp³-hybridized carbons (Fsp3) is 0.417. The van der Waals surface area contributed by atoms with Crippen LogP contribution < -0.4 is 11.1 Å². The lowest BCUT2D eigenvalue weighted by molar-refractivity contribution is -0.384. The normalized spacial score (nSPS) is 10.5. The van der Waals surface area contributed by atoms with E-state index in [1.807, 2.05) is 6.92 Å². The third-order valence-electron chi connectivity index (χ3n) is 2.55. The van der Waals surface area contributed by atoms with Crippen LogP contribution in [0.25, 0.3) is 0 Å². The molecule has 7 nitrogen and oxygen atoms in total. The molecule has 1 amide bonds. The Morgan fingerprint density at radius 1 is 1.53 bits per heavy atom. The number of likely N-dealkylation sites (N-methyl/N-ethyl adjacent to an activating group) is 1. The Morgan fingerprint density at radius 2 is 2.21 bits per heavy atom. The number of nitrogens with two attached hydrogens (primary N) is 1. The number of carbonyl (C=O) groups excluding carboxylic acids is 1. The van der Waals surface area contributed by atoms with Crippen LogP contribution >= 0.6 is 0 Å². The average Bonchev–Trinajstić information content (AvgIpc) is 2.30. The van der Waals surface area contributed by atoms with E-state index in [1.165, 1.54) is 6.07 Å². The molecule has 0 bridgehead atoms. The van der Waals surface area contributed by atoms with Gasteiger partial charge in [0.15, 0.2) is 0 Å². The van der Waals surface area contributed by atoms with Gasteiger partial charge < -0.3 is 11.1 Å². The summed E-state index contributed by atoms with van der Waals surface area (Å²) in [5.41, 5.74) is 6.41. The minimum atomic E-state index is -0.432. The molecule has 0 aliphatic carbocycles. The number of carbonyl (C=O) groups is 1. The predicted octanol–water partition coefficient (Wildman–Crippen LogP) is 0.944. The van der Waals surface area contributed by atoms with Crippen LogP contribution in [0.3, 0.4) is 0 Å². The summed E-state index contributed by atoms with van der Waals surface area (Å²) in [7, 11) is 1.74. The first kappa shape index (κ1) is 14.9. The molecule has 0 saturated heterocycles. The van der Waals surface area contributed by atoms with Gasteiger partial charge in [-0.3, -0.25) is 19.8 Å². The molecule has 0 heterocycles. The van der Waals surface area contributed by atoms with Crippen molar-refractivity contribution in [3.05, 3.63) is 33.9 Å². The Kier molecular flexibility index (Phi) is 5.25. The Morgan fingerprint density at radius 3 is 2.74 bits per heavy atom.